The molecular formula is C12H17NO3. The van der Waals surface area contributed by atoms with Crippen molar-refractivity contribution in [3.63, 3.8) is 0 Å². The third-order valence-electron chi connectivity index (χ3n) is 2.57. The van der Waals surface area contributed by atoms with Crippen LogP contribution in [0.3, 0.4) is 0 Å². The number of aromatic carboxylic acids is 1. The van der Waals surface area contributed by atoms with Crippen molar-refractivity contribution < 1.29 is 14.7 Å². The number of nitrogens with one attached hydrogen (secondary N) is 1. The van der Waals surface area contributed by atoms with Gasteiger partial charge in [-0.05, 0) is 12.5 Å². The van der Waals surface area contributed by atoms with Crippen LogP contribution in [0.25, 0.3) is 0 Å². The minimum absolute atomic E-state index is 0.143. The third-order valence-corrected chi connectivity index (χ3v) is 2.57. The number of aromatic nitrogens is 1. The van der Waals surface area contributed by atoms with Crippen LogP contribution in [0.15, 0.2) is 0 Å². The molecule has 88 valence electrons. The fraction of sp³-hybridized carbons (Fsp3) is 0.500. The van der Waals surface area contributed by atoms with Gasteiger partial charge in [-0.1, -0.05) is 20.8 Å². The van der Waals surface area contributed by atoms with Gasteiger partial charge in [-0.2, -0.15) is 0 Å². The predicted molar refractivity (Wildman–Crippen MR) is 61.2 cm³/mol. The molecule has 4 nitrogen and oxygen atoms in total. The highest BCUT2D eigenvalue weighted by Crippen LogP contribution is 2.29. The average molecular weight is 223 g/mol. The largest absolute Gasteiger partial charge is 0.478 e. The van der Waals surface area contributed by atoms with Crippen LogP contribution in [0, 0.1) is 6.92 Å². The van der Waals surface area contributed by atoms with Crippen molar-refractivity contribution in [2.24, 2.45) is 0 Å². The van der Waals surface area contributed by atoms with Crippen molar-refractivity contribution in [1.29, 1.82) is 0 Å². The van der Waals surface area contributed by atoms with Crippen molar-refractivity contribution in [3.8, 4) is 0 Å². The Balaban J connectivity index is 3.56. The lowest BCUT2D eigenvalue weighted by Crippen LogP contribution is -2.16. The van der Waals surface area contributed by atoms with Gasteiger partial charge >= 0.3 is 5.97 Å². The summed E-state index contributed by atoms with van der Waals surface area (Å²) in [6.45, 7) is 8.82. The minimum Gasteiger partial charge on any atom is -0.478 e. The van der Waals surface area contributed by atoms with Gasteiger partial charge in [0.05, 0.1) is 11.3 Å². The van der Waals surface area contributed by atoms with Crippen molar-refractivity contribution in [2.45, 2.75) is 40.0 Å². The quantitative estimate of drug-likeness (QED) is 0.757. The van der Waals surface area contributed by atoms with Crippen LogP contribution in [-0.4, -0.2) is 21.8 Å². The molecule has 4 heteroatoms. The van der Waals surface area contributed by atoms with Gasteiger partial charge in [-0.15, -0.1) is 0 Å². The number of rotatable bonds is 2. The maximum Gasteiger partial charge on any atom is 0.337 e. The first-order valence-electron chi connectivity index (χ1n) is 5.13. The van der Waals surface area contributed by atoms with Crippen LogP contribution >= 0.6 is 0 Å². The third kappa shape index (κ3) is 2.01. The van der Waals surface area contributed by atoms with Crippen molar-refractivity contribution >= 4 is 11.8 Å². The number of H-pyrrole nitrogens is 1. The van der Waals surface area contributed by atoms with Crippen LogP contribution in [0.1, 0.15) is 59.8 Å². The molecule has 0 aliphatic rings. The summed E-state index contributed by atoms with van der Waals surface area (Å²) in [5.74, 6) is -1.14. The first-order valence-corrected chi connectivity index (χ1v) is 5.13. The molecule has 16 heavy (non-hydrogen) atoms. The van der Waals surface area contributed by atoms with Crippen molar-refractivity contribution in [2.75, 3.05) is 0 Å². The first kappa shape index (κ1) is 12.5. The molecule has 0 aliphatic carbocycles. The molecule has 0 aliphatic heterocycles. The average Bonchev–Trinajstić information content (AvgIpc) is 2.41. The number of ketones is 1. The molecule has 1 aromatic rings. The van der Waals surface area contributed by atoms with E-state index in [1.165, 1.54) is 6.92 Å². The fourth-order valence-corrected chi connectivity index (χ4v) is 1.78. The second-order valence-corrected chi connectivity index (χ2v) is 4.99. The van der Waals surface area contributed by atoms with Gasteiger partial charge in [0.25, 0.3) is 0 Å². The van der Waals surface area contributed by atoms with Crippen LogP contribution in [0.5, 0.6) is 0 Å². The molecule has 0 saturated carbocycles. The summed E-state index contributed by atoms with van der Waals surface area (Å²) in [7, 11) is 0. The Morgan fingerprint density at radius 1 is 1.25 bits per heavy atom. The molecule has 1 rings (SSSR count). The number of carboxylic acid groups (broad SMARTS) is 1. The topological polar surface area (TPSA) is 70.2 Å². The lowest BCUT2D eigenvalue weighted by Gasteiger charge is -2.18. The van der Waals surface area contributed by atoms with E-state index in [-0.39, 0.29) is 16.8 Å². The highest BCUT2D eigenvalue weighted by atomic mass is 16.4. The van der Waals surface area contributed by atoms with Gasteiger partial charge in [-0.3, -0.25) is 4.79 Å². The van der Waals surface area contributed by atoms with E-state index < -0.39 is 5.97 Å². The number of carbonyl (C=O) groups is 2. The standard InChI is InChI=1S/C12H17NO3/c1-6-8(11(15)16)10(12(3,4)5)13-9(6)7(2)14/h13H,1-5H3,(H,15,16). The van der Waals surface area contributed by atoms with E-state index >= 15 is 0 Å². The number of carbonyl (C=O) groups excluding carboxylic acids is 1. The van der Waals surface area contributed by atoms with Crippen LogP contribution in [0.4, 0.5) is 0 Å². The molecule has 0 radical (unpaired) electrons. The Bertz CT molecular complexity index is 450. The van der Waals surface area contributed by atoms with Crippen LogP contribution in [0.2, 0.25) is 0 Å². The van der Waals surface area contributed by atoms with Gasteiger partial charge in [0, 0.05) is 18.0 Å². The number of aromatic amines is 1. The highest BCUT2D eigenvalue weighted by Gasteiger charge is 2.28. The maximum atomic E-state index is 11.4. The minimum atomic E-state index is -0.994. The number of hydrogen-bond donors (Lipinski definition) is 2. The molecule has 0 spiro atoms. The molecule has 0 saturated heterocycles. The Labute approximate surface area is 94.7 Å². The molecule has 1 aromatic heterocycles. The summed E-state index contributed by atoms with van der Waals surface area (Å²) in [5, 5.41) is 9.17. The van der Waals surface area contributed by atoms with Gasteiger partial charge in [0.15, 0.2) is 5.78 Å². The number of Topliss-reactive ketones (excluding diaryl/α,β-unsaturated/α-hetero) is 1. The Morgan fingerprint density at radius 3 is 2.00 bits per heavy atom. The van der Waals surface area contributed by atoms with E-state index in [0.717, 1.165) is 0 Å². The van der Waals surface area contributed by atoms with Gasteiger partial charge in [0.2, 0.25) is 0 Å². The Kier molecular flexibility index (Phi) is 2.95. The van der Waals surface area contributed by atoms with E-state index in [0.29, 0.717) is 17.0 Å². The molecule has 0 bridgehead atoms. The normalized spacial score (nSPS) is 11.6. The summed E-state index contributed by atoms with van der Waals surface area (Å²) in [6, 6.07) is 0. The zero-order valence-corrected chi connectivity index (χ0v) is 10.3. The summed E-state index contributed by atoms with van der Waals surface area (Å²) in [4.78, 5) is 25.5. The van der Waals surface area contributed by atoms with Gasteiger partial charge in [-0.25, -0.2) is 4.79 Å². The number of carboxylic acids is 1. The lowest BCUT2D eigenvalue weighted by molar-refractivity contribution is 0.0693. The molecule has 0 unspecified atom stereocenters. The molecule has 0 amide bonds. The van der Waals surface area contributed by atoms with Crippen molar-refractivity contribution in [1.82, 2.24) is 4.98 Å². The van der Waals surface area contributed by atoms with E-state index in [1.54, 1.807) is 6.92 Å². The van der Waals surface area contributed by atoms with E-state index in [4.69, 9.17) is 0 Å². The summed E-state index contributed by atoms with van der Waals surface area (Å²) in [5.41, 5.74) is 1.40. The molecular weight excluding hydrogens is 206 g/mol. The van der Waals surface area contributed by atoms with Gasteiger partial charge < -0.3 is 10.1 Å². The molecule has 0 aromatic carbocycles. The fourth-order valence-electron chi connectivity index (χ4n) is 1.78. The molecule has 2 N–H and O–H groups in total. The van der Waals surface area contributed by atoms with E-state index in [2.05, 4.69) is 4.98 Å². The highest BCUT2D eigenvalue weighted by molar-refractivity contribution is 6.00. The van der Waals surface area contributed by atoms with Crippen molar-refractivity contribution in [3.05, 3.63) is 22.5 Å². The predicted octanol–water partition coefficient (Wildman–Crippen LogP) is 2.52. The molecule has 0 fully saturated rings. The number of hydrogen-bond acceptors (Lipinski definition) is 2. The Hall–Kier alpha value is -1.58. The SMILES string of the molecule is CC(=O)c1[nH]c(C(C)(C)C)c(C(=O)O)c1C. The summed E-state index contributed by atoms with van der Waals surface area (Å²) >= 11 is 0. The van der Waals surface area contributed by atoms with Crippen LogP contribution in [-0.2, 0) is 5.41 Å². The Morgan fingerprint density at radius 2 is 1.75 bits per heavy atom. The summed E-state index contributed by atoms with van der Waals surface area (Å²) < 4.78 is 0. The second-order valence-electron chi connectivity index (χ2n) is 4.99. The summed E-state index contributed by atoms with van der Waals surface area (Å²) in [6.07, 6.45) is 0. The zero-order chi connectivity index (χ0) is 12.7. The first-order chi connectivity index (χ1) is 7.16. The van der Waals surface area contributed by atoms with Gasteiger partial charge in [0.1, 0.15) is 0 Å². The van der Waals surface area contributed by atoms with E-state index in [1.807, 2.05) is 20.8 Å². The monoisotopic (exact) mass is 223 g/mol. The molecule has 1 heterocycles. The van der Waals surface area contributed by atoms with E-state index in [9.17, 15) is 14.7 Å². The zero-order valence-electron chi connectivity index (χ0n) is 10.3. The van der Waals surface area contributed by atoms with Crippen LogP contribution < -0.4 is 0 Å². The molecule has 0 atom stereocenters. The smallest absolute Gasteiger partial charge is 0.337 e. The second kappa shape index (κ2) is 3.77. The maximum absolute atomic E-state index is 11.4. The lowest BCUT2D eigenvalue weighted by atomic mass is 9.88.